The molecule has 4 aromatic rings. The summed E-state index contributed by atoms with van der Waals surface area (Å²) >= 11 is 0. The summed E-state index contributed by atoms with van der Waals surface area (Å²) in [5.74, 6) is 0. The van der Waals surface area contributed by atoms with Gasteiger partial charge in [-0.15, -0.1) is 0 Å². The van der Waals surface area contributed by atoms with E-state index in [0.717, 1.165) is 25.9 Å². The SMILES string of the molecule is CC(C)(C)[Si](OC[C@@H]1CCN2CC[C@@H](CO[Si](c3ccccc3)(c3ccccc3)C(C)(C)C)NC2N1)(c1ccccc1)c1ccccc1. The predicted octanol–water partition coefficient (Wildman–Crippen LogP) is 5.45. The molecule has 2 aliphatic heterocycles. The summed E-state index contributed by atoms with van der Waals surface area (Å²) in [5.41, 5.74) is 0. The summed E-state index contributed by atoms with van der Waals surface area (Å²) in [6.45, 7) is 17.6. The van der Waals surface area contributed by atoms with Gasteiger partial charge in [-0.05, 0) is 43.7 Å². The second-order valence-electron chi connectivity index (χ2n) is 15.7. The largest absolute Gasteiger partial charge is 0.406 e. The van der Waals surface area contributed by atoms with Gasteiger partial charge in [-0.25, -0.2) is 0 Å². The number of nitrogens with one attached hydrogen (secondary N) is 2. The Hall–Kier alpha value is -2.89. The van der Waals surface area contributed by atoms with E-state index in [1.165, 1.54) is 20.7 Å². The Labute approximate surface area is 291 Å². The van der Waals surface area contributed by atoms with Crippen molar-refractivity contribution >= 4 is 37.4 Å². The lowest BCUT2D eigenvalue weighted by molar-refractivity contribution is 0.0153. The topological polar surface area (TPSA) is 45.8 Å². The smallest absolute Gasteiger partial charge is 0.261 e. The van der Waals surface area contributed by atoms with Gasteiger partial charge in [0.2, 0.25) is 0 Å². The highest BCUT2D eigenvalue weighted by Gasteiger charge is 2.52. The number of benzene rings is 4. The summed E-state index contributed by atoms with van der Waals surface area (Å²) in [6, 6.07) is 44.4. The summed E-state index contributed by atoms with van der Waals surface area (Å²) in [4.78, 5) is 2.55. The Kier molecular flexibility index (Phi) is 10.6. The van der Waals surface area contributed by atoms with Crippen molar-refractivity contribution in [2.75, 3.05) is 26.3 Å². The van der Waals surface area contributed by atoms with Crippen LogP contribution in [0.4, 0.5) is 0 Å². The summed E-state index contributed by atoms with van der Waals surface area (Å²) in [5, 5.41) is 13.2. The van der Waals surface area contributed by atoms with Crippen LogP contribution < -0.4 is 31.4 Å². The molecule has 5 nitrogen and oxygen atoms in total. The van der Waals surface area contributed by atoms with E-state index in [1.54, 1.807) is 0 Å². The van der Waals surface area contributed by atoms with Gasteiger partial charge >= 0.3 is 0 Å². The van der Waals surface area contributed by atoms with Crippen LogP contribution in [0.2, 0.25) is 10.1 Å². The van der Waals surface area contributed by atoms with E-state index < -0.39 is 16.6 Å². The highest BCUT2D eigenvalue weighted by Crippen LogP contribution is 2.38. The van der Waals surface area contributed by atoms with Crippen LogP contribution in [0.1, 0.15) is 54.4 Å². The van der Waals surface area contributed by atoms with Gasteiger partial charge in [0.15, 0.2) is 0 Å². The third-order valence-corrected chi connectivity index (χ3v) is 20.5. The lowest BCUT2D eigenvalue weighted by atomic mass is 10.1. The van der Waals surface area contributed by atoms with Crippen molar-refractivity contribution in [3.63, 3.8) is 0 Å². The molecular weight excluding hydrogens is 623 g/mol. The molecular formula is C41H55N3O2Si2. The minimum Gasteiger partial charge on any atom is -0.406 e. The molecule has 0 saturated carbocycles. The maximum Gasteiger partial charge on any atom is 0.261 e. The van der Waals surface area contributed by atoms with Crippen LogP contribution in [-0.4, -0.2) is 66.2 Å². The fourth-order valence-electron chi connectivity index (χ4n) is 8.12. The van der Waals surface area contributed by atoms with Gasteiger partial charge in [-0.2, -0.15) is 0 Å². The Balaban J connectivity index is 1.19. The first-order valence-electron chi connectivity index (χ1n) is 17.8. The third-order valence-electron chi connectivity index (χ3n) is 10.5. The Morgan fingerprint density at radius 3 is 1.08 bits per heavy atom. The van der Waals surface area contributed by atoms with Crippen molar-refractivity contribution in [3.05, 3.63) is 121 Å². The molecule has 48 heavy (non-hydrogen) atoms. The van der Waals surface area contributed by atoms with Gasteiger partial charge in [0.05, 0.1) is 13.2 Å². The molecule has 0 amide bonds. The van der Waals surface area contributed by atoms with E-state index >= 15 is 0 Å². The van der Waals surface area contributed by atoms with Crippen molar-refractivity contribution in [2.24, 2.45) is 0 Å². The van der Waals surface area contributed by atoms with Crippen molar-refractivity contribution in [1.29, 1.82) is 0 Å². The Bertz CT molecular complexity index is 1380. The average Bonchev–Trinajstić information content (AvgIpc) is 3.09. The molecule has 0 bridgehead atoms. The fraction of sp³-hybridized carbons (Fsp3) is 0.415. The highest BCUT2D eigenvalue weighted by atomic mass is 28.4. The Morgan fingerprint density at radius 2 is 0.812 bits per heavy atom. The van der Waals surface area contributed by atoms with E-state index in [-0.39, 0.29) is 28.4 Å². The second kappa shape index (κ2) is 14.5. The minimum atomic E-state index is -2.60. The van der Waals surface area contributed by atoms with E-state index in [0.29, 0.717) is 13.2 Å². The fourth-order valence-corrected chi connectivity index (χ4v) is 17.3. The second-order valence-corrected chi connectivity index (χ2v) is 24.3. The highest BCUT2D eigenvalue weighted by molar-refractivity contribution is 7.00. The molecule has 6 rings (SSSR count). The predicted molar refractivity (Wildman–Crippen MR) is 206 cm³/mol. The maximum absolute atomic E-state index is 7.35. The van der Waals surface area contributed by atoms with Crippen molar-refractivity contribution in [3.8, 4) is 0 Å². The minimum absolute atomic E-state index is 0.0388. The van der Waals surface area contributed by atoms with Gasteiger partial charge < -0.3 is 8.85 Å². The molecule has 4 aromatic carbocycles. The molecule has 0 aliphatic carbocycles. The normalized spacial score (nSPS) is 20.0. The van der Waals surface area contributed by atoms with Crippen LogP contribution in [0.3, 0.4) is 0 Å². The van der Waals surface area contributed by atoms with Gasteiger partial charge in [0.1, 0.15) is 6.29 Å². The molecule has 0 aromatic heterocycles. The first-order chi connectivity index (χ1) is 23.0. The zero-order chi connectivity index (χ0) is 33.8. The molecule has 254 valence electrons. The average molecular weight is 678 g/mol. The zero-order valence-electron chi connectivity index (χ0n) is 29.8. The van der Waals surface area contributed by atoms with Gasteiger partial charge in [0.25, 0.3) is 16.6 Å². The molecule has 7 heteroatoms. The molecule has 0 unspecified atom stereocenters. The molecule has 2 N–H and O–H groups in total. The number of nitrogens with zero attached hydrogens (tertiary/aromatic N) is 1. The number of fused-ring (bicyclic) bond motifs is 1. The quantitative estimate of drug-likeness (QED) is 0.219. The van der Waals surface area contributed by atoms with Crippen molar-refractivity contribution in [2.45, 2.75) is 82.8 Å². The van der Waals surface area contributed by atoms with Crippen LogP contribution in [0.25, 0.3) is 0 Å². The summed E-state index contributed by atoms with van der Waals surface area (Å²) in [6.07, 6.45) is 2.24. The lowest BCUT2D eigenvalue weighted by Crippen LogP contribution is -2.71. The molecule has 2 heterocycles. The number of rotatable bonds is 10. The van der Waals surface area contributed by atoms with Gasteiger partial charge in [-0.1, -0.05) is 163 Å². The van der Waals surface area contributed by atoms with Gasteiger partial charge in [0, 0.05) is 25.2 Å². The first kappa shape index (κ1) is 35.0. The monoisotopic (exact) mass is 677 g/mol. The van der Waals surface area contributed by atoms with E-state index in [4.69, 9.17) is 8.85 Å². The number of hydrogen-bond acceptors (Lipinski definition) is 5. The van der Waals surface area contributed by atoms with Crippen molar-refractivity contribution in [1.82, 2.24) is 15.5 Å². The molecule has 0 radical (unpaired) electrons. The number of hydrogen-bond donors (Lipinski definition) is 2. The van der Waals surface area contributed by atoms with E-state index in [9.17, 15) is 0 Å². The molecule has 0 spiro atoms. The van der Waals surface area contributed by atoms with Crippen LogP contribution in [0.5, 0.6) is 0 Å². The molecule has 2 aliphatic rings. The lowest BCUT2D eigenvalue weighted by Gasteiger charge is -2.49. The van der Waals surface area contributed by atoms with E-state index in [2.05, 4.69) is 178 Å². The van der Waals surface area contributed by atoms with Crippen LogP contribution in [0, 0.1) is 0 Å². The summed E-state index contributed by atoms with van der Waals surface area (Å²) in [7, 11) is -5.19. The summed E-state index contributed by atoms with van der Waals surface area (Å²) < 4.78 is 14.7. The van der Waals surface area contributed by atoms with Crippen LogP contribution in [-0.2, 0) is 8.85 Å². The first-order valence-corrected chi connectivity index (χ1v) is 21.6. The zero-order valence-corrected chi connectivity index (χ0v) is 31.8. The molecule has 2 fully saturated rings. The van der Waals surface area contributed by atoms with Crippen LogP contribution >= 0.6 is 0 Å². The van der Waals surface area contributed by atoms with Gasteiger partial charge in [-0.3, -0.25) is 15.5 Å². The molecule has 2 saturated heterocycles. The third kappa shape index (κ3) is 6.92. The standard InChI is InChI=1S/C41H55N3O2Si2/c1-40(2,3)47(35-19-11-7-12-20-35,36-21-13-8-14-22-36)45-31-33-27-29-44-30-28-34(43-39(44)42-33)32-46-48(41(4,5)6,37-23-15-9-16-24-37)38-25-17-10-18-26-38/h7-26,33-34,39,42-43H,27-32H2,1-6H3/t33-,34-/m0/s1. The maximum atomic E-state index is 7.35. The van der Waals surface area contributed by atoms with E-state index in [1.807, 2.05) is 0 Å². The van der Waals surface area contributed by atoms with Crippen molar-refractivity contribution < 1.29 is 8.85 Å². The molecule has 2 atom stereocenters. The van der Waals surface area contributed by atoms with Crippen LogP contribution in [0.15, 0.2) is 121 Å². The Morgan fingerprint density at radius 1 is 0.521 bits per heavy atom.